The minimum absolute atomic E-state index is 0.000210. The van der Waals surface area contributed by atoms with E-state index in [0.717, 1.165) is 5.56 Å². The van der Waals surface area contributed by atoms with Gasteiger partial charge in [0.05, 0.1) is 11.7 Å². The highest BCUT2D eigenvalue weighted by Crippen LogP contribution is 2.32. The van der Waals surface area contributed by atoms with E-state index in [9.17, 15) is 9.59 Å². The number of hydrogen-bond acceptors (Lipinski definition) is 4. The summed E-state index contributed by atoms with van der Waals surface area (Å²) in [6, 6.07) is 5.46. The van der Waals surface area contributed by atoms with E-state index in [0.29, 0.717) is 30.8 Å². The fourth-order valence-corrected chi connectivity index (χ4v) is 2.33. The summed E-state index contributed by atoms with van der Waals surface area (Å²) in [5, 5.41) is 8.73. The highest BCUT2D eigenvalue weighted by atomic mass is 16.5. The van der Waals surface area contributed by atoms with Crippen LogP contribution in [-0.2, 0) is 9.59 Å². The number of anilines is 1. The molecule has 6 heteroatoms. The van der Waals surface area contributed by atoms with Gasteiger partial charge in [0.1, 0.15) is 5.75 Å². The summed E-state index contributed by atoms with van der Waals surface area (Å²) < 4.78 is 5.72. The SMILES string of the molecule is CCC1Oc2cc(C(C)NC(=O)CCNC)ccc2NC1=O. The van der Waals surface area contributed by atoms with Crippen molar-refractivity contribution in [2.24, 2.45) is 0 Å². The molecule has 6 nitrogen and oxygen atoms in total. The fourth-order valence-electron chi connectivity index (χ4n) is 2.33. The van der Waals surface area contributed by atoms with E-state index in [4.69, 9.17) is 4.74 Å². The monoisotopic (exact) mass is 305 g/mol. The van der Waals surface area contributed by atoms with Gasteiger partial charge in [-0.15, -0.1) is 0 Å². The molecule has 22 heavy (non-hydrogen) atoms. The van der Waals surface area contributed by atoms with Crippen LogP contribution in [0.1, 0.15) is 38.3 Å². The minimum atomic E-state index is -0.455. The van der Waals surface area contributed by atoms with Crippen molar-refractivity contribution in [2.45, 2.75) is 38.8 Å². The summed E-state index contributed by atoms with van der Waals surface area (Å²) in [6.45, 7) is 4.48. The lowest BCUT2D eigenvalue weighted by Crippen LogP contribution is -2.36. The lowest BCUT2D eigenvalue weighted by atomic mass is 10.1. The summed E-state index contributed by atoms with van der Waals surface area (Å²) >= 11 is 0. The van der Waals surface area contributed by atoms with E-state index in [1.54, 1.807) is 0 Å². The first-order valence-corrected chi connectivity index (χ1v) is 7.60. The average Bonchev–Trinajstić information content (AvgIpc) is 2.51. The van der Waals surface area contributed by atoms with E-state index in [2.05, 4.69) is 16.0 Å². The number of benzene rings is 1. The molecule has 2 amide bonds. The number of nitrogens with one attached hydrogen (secondary N) is 3. The molecule has 0 fully saturated rings. The van der Waals surface area contributed by atoms with E-state index < -0.39 is 6.10 Å². The van der Waals surface area contributed by atoms with Gasteiger partial charge in [-0.3, -0.25) is 9.59 Å². The molecule has 1 aromatic rings. The number of carbonyl (C=O) groups is 2. The van der Waals surface area contributed by atoms with Crippen LogP contribution in [0.2, 0.25) is 0 Å². The van der Waals surface area contributed by atoms with Crippen LogP contribution in [0.25, 0.3) is 0 Å². The summed E-state index contributed by atoms with van der Waals surface area (Å²) in [4.78, 5) is 23.5. The molecule has 2 rings (SSSR count). The van der Waals surface area contributed by atoms with Crippen LogP contribution in [0.3, 0.4) is 0 Å². The molecule has 1 aromatic carbocycles. The van der Waals surface area contributed by atoms with Gasteiger partial charge < -0.3 is 20.7 Å². The van der Waals surface area contributed by atoms with Crippen molar-refractivity contribution in [1.29, 1.82) is 0 Å². The Morgan fingerprint density at radius 2 is 2.23 bits per heavy atom. The molecular weight excluding hydrogens is 282 g/mol. The zero-order valence-electron chi connectivity index (χ0n) is 13.2. The maximum absolute atomic E-state index is 11.8. The molecule has 2 unspecified atom stereocenters. The Morgan fingerprint density at radius 1 is 1.45 bits per heavy atom. The Morgan fingerprint density at radius 3 is 2.91 bits per heavy atom. The van der Waals surface area contributed by atoms with Gasteiger partial charge >= 0.3 is 0 Å². The summed E-state index contributed by atoms with van der Waals surface area (Å²) in [5.41, 5.74) is 1.62. The van der Waals surface area contributed by atoms with Crippen molar-refractivity contribution in [3.63, 3.8) is 0 Å². The predicted molar refractivity (Wildman–Crippen MR) is 84.9 cm³/mol. The highest BCUT2D eigenvalue weighted by Gasteiger charge is 2.26. The van der Waals surface area contributed by atoms with E-state index in [1.807, 2.05) is 39.1 Å². The first-order chi connectivity index (χ1) is 10.5. The molecular formula is C16H23N3O3. The minimum Gasteiger partial charge on any atom is -0.478 e. The third kappa shape index (κ3) is 3.76. The quantitative estimate of drug-likeness (QED) is 0.745. The number of rotatable bonds is 6. The zero-order valence-corrected chi connectivity index (χ0v) is 13.2. The molecule has 1 aliphatic rings. The first kappa shape index (κ1) is 16.3. The van der Waals surface area contributed by atoms with Crippen molar-refractivity contribution in [3.8, 4) is 5.75 Å². The van der Waals surface area contributed by atoms with Crippen LogP contribution in [-0.4, -0.2) is 31.5 Å². The van der Waals surface area contributed by atoms with Crippen LogP contribution in [0.15, 0.2) is 18.2 Å². The zero-order chi connectivity index (χ0) is 16.1. The van der Waals surface area contributed by atoms with Gasteiger partial charge in [-0.25, -0.2) is 0 Å². The van der Waals surface area contributed by atoms with Gasteiger partial charge in [-0.05, 0) is 38.1 Å². The molecule has 0 aromatic heterocycles. The maximum Gasteiger partial charge on any atom is 0.265 e. The van der Waals surface area contributed by atoms with Crippen LogP contribution >= 0.6 is 0 Å². The van der Waals surface area contributed by atoms with Crippen molar-refractivity contribution < 1.29 is 14.3 Å². The number of ether oxygens (including phenoxy) is 1. The van der Waals surface area contributed by atoms with Crippen LogP contribution in [0, 0.1) is 0 Å². The number of hydrogen-bond donors (Lipinski definition) is 3. The van der Waals surface area contributed by atoms with Gasteiger partial charge in [-0.1, -0.05) is 13.0 Å². The summed E-state index contributed by atoms with van der Waals surface area (Å²) in [7, 11) is 1.82. The van der Waals surface area contributed by atoms with E-state index in [-0.39, 0.29) is 17.9 Å². The third-order valence-corrected chi connectivity index (χ3v) is 3.68. The molecule has 0 aliphatic carbocycles. The topological polar surface area (TPSA) is 79.5 Å². The Labute approximate surface area is 130 Å². The second-order valence-corrected chi connectivity index (χ2v) is 5.40. The van der Waals surface area contributed by atoms with Crippen molar-refractivity contribution in [3.05, 3.63) is 23.8 Å². The fraction of sp³-hybridized carbons (Fsp3) is 0.500. The largest absolute Gasteiger partial charge is 0.478 e. The molecule has 2 atom stereocenters. The third-order valence-electron chi connectivity index (χ3n) is 3.68. The van der Waals surface area contributed by atoms with Gasteiger partial charge in [0.15, 0.2) is 6.10 Å². The van der Waals surface area contributed by atoms with Crippen molar-refractivity contribution in [2.75, 3.05) is 18.9 Å². The number of carbonyl (C=O) groups excluding carboxylic acids is 2. The first-order valence-electron chi connectivity index (χ1n) is 7.60. The second-order valence-electron chi connectivity index (χ2n) is 5.40. The second kappa shape index (κ2) is 7.26. The highest BCUT2D eigenvalue weighted by molar-refractivity contribution is 5.97. The smallest absolute Gasteiger partial charge is 0.265 e. The standard InChI is InChI=1S/C16H23N3O3/c1-4-13-16(21)19-12-6-5-11(9-14(12)22-13)10(2)18-15(20)7-8-17-3/h5-6,9-10,13,17H,4,7-8H2,1-3H3,(H,18,20)(H,19,21). The normalized spacial score (nSPS) is 18.0. The lowest BCUT2D eigenvalue weighted by molar-refractivity contribution is -0.123. The van der Waals surface area contributed by atoms with Crippen molar-refractivity contribution in [1.82, 2.24) is 10.6 Å². The molecule has 0 spiro atoms. The Hall–Kier alpha value is -2.08. The molecule has 3 N–H and O–H groups in total. The van der Waals surface area contributed by atoms with Crippen molar-refractivity contribution >= 4 is 17.5 Å². The van der Waals surface area contributed by atoms with E-state index >= 15 is 0 Å². The molecule has 0 saturated carbocycles. The number of amides is 2. The molecule has 0 saturated heterocycles. The average molecular weight is 305 g/mol. The molecule has 0 bridgehead atoms. The number of fused-ring (bicyclic) bond motifs is 1. The Balaban J connectivity index is 2.07. The van der Waals surface area contributed by atoms with Gasteiger partial charge in [0.2, 0.25) is 5.91 Å². The lowest BCUT2D eigenvalue weighted by Gasteiger charge is -2.26. The van der Waals surface area contributed by atoms with Crippen LogP contribution in [0.5, 0.6) is 5.75 Å². The van der Waals surface area contributed by atoms with Gasteiger partial charge in [-0.2, -0.15) is 0 Å². The summed E-state index contributed by atoms with van der Waals surface area (Å²) in [5.74, 6) is 0.539. The summed E-state index contributed by atoms with van der Waals surface area (Å²) in [6.07, 6.45) is 0.602. The van der Waals surface area contributed by atoms with Gasteiger partial charge in [0.25, 0.3) is 5.91 Å². The molecule has 0 radical (unpaired) electrons. The van der Waals surface area contributed by atoms with E-state index in [1.165, 1.54) is 0 Å². The molecule has 120 valence electrons. The van der Waals surface area contributed by atoms with Crippen LogP contribution in [0.4, 0.5) is 5.69 Å². The maximum atomic E-state index is 11.8. The van der Waals surface area contributed by atoms with Crippen LogP contribution < -0.4 is 20.7 Å². The van der Waals surface area contributed by atoms with Gasteiger partial charge in [0, 0.05) is 13.0 Å². The molecule has 1 heterocycles. The predicted octanol–water partition coefficient (Wildman–Crippen LogP) is 1.58. The Bertz CT molecular complexity index is 560. The Kier molecular flexibility index (Phi) is 5.38. The molecule has 1 aliphatic heterocycles.